The Morgan fingerprint density at radius 2 is 1.84 bits per heavy atom. The average molecular weight is 453 g/mol. The fourth-order valence-electron chi connectivity index (χ4n) is 2.83. The number of pyridine rings is 1. The fraction of sp³-hybridized carbons (Fsp3) is 0.333. The molecule has 0 unspecified atom stereocenters. The largest absolute Gasteiger partial charge is 0.493 e. The Morgan fingerprint density at radius 3 is 2.44 bits per heavy atom. The smallest absolute Gasteiger partial charge is 0.258 e. The van der Waals surface area contributed by atoms with Crippen LogP contribution < -0.4 is 19.7 Å². The summed E-state index contributed by atoms with van der Waals surface area (Å²) >= 11 is 2.11. The van der Waals surface area contributed by atoms with E-state index in [0.29, 0.717) is 22.9 Å². The van der Waals surface area contributed by atoms with Gasteiger partial charge in [-0.1, -0.05) is 0 Å². The topological polar surface area (TPSA) is 63.7 Å². The quantitative estimate of drug-likeness (QED) is 0.702. The number of halogens is 1. The zero-order chi connectivity index (χ0) is 17.8. The molecule has 0 saturated carbocycles. The molecule has 2 aromatic rings. The van der Waals surface area contributed by atoms with Gasteiger partial charge in [-0.15, -0.1) is 0 Å². The summed E-state index contributed by atoms with van der Waals surface area (Å²) in [4.78, 5) is 19.2. The van der Waals surface area contributed by atoms with Gasteiger partial charge in [0.05, 0.1) is 31.7 Å². The molecule has 0 spiro atoms. The van der Waals surface area contributed by atoms with E-state index in [2.05, 4.69) is 37.8 Å². The molecule has 0 radical (unpaired) electrons. The zero-order valence-corrected chi connectivity index (χ0v) is 16.4. The van der Waals surface area contributed by atoms with Crippen molar-refractivity contribution in [1.29, 1.82) is 0 Å². The van der Waals surface area contributed by atoms with E-state index in [1.165, 1.54) is 12.8 Å². The Balaban J connectivity index is 1.75. The number of rotatable bonds is 5. The number of methoxy groups -OCH3 is 2. The first kappa shape index (κ1) is 17.8. The van der Waals surface area contributed by atoms with E-state index in [1.54, 1.807) is 32.5 Å². The molecule has 25 heavy (non-hydrogen) atoms. The summed E-state index contributed by atoms with van der Waals surface area (Å²) in [6.45, 7) is 2.13. The van der Waals surface area contributed by atoms with Crippen molar-refractivity contribution in [3.05, 3.63) is 39.6 Å². The van der Waals surface area contributed by atoms with Gasteiger partial charge in [0.2, 0.25) is 0 Å². The lowest BCUT2D eigenvalue weighted by molar-refractivity contribution is 0.102. The Kier molecular flexibility index (Phi) is 5.62. The molecule has 2 heterocycles. The highest BCUT2D eigenvalue weighted by atomic mass is 127. The minimum absolute atomic E-state index is 0.230. The van der Waals surface area contributed by atoms with Gasteiger partial charge in [-0.25, -0.2) is 4.98 Å². The molecule has 0 bridgehead atoms. The number of hydrogen-bond donors (Lipinski definition) is 1. The maximum atomic E-state index is 12.6. The van der Waals surface area contributed by atoms with Crippen molar-refractivity contribution in [2.45, 2.75) is 12.8 Å². The van der Waals surface area contributed by atoms with Crippen molar-refractivity contribution >= 4 is 40.0 Å². The molecule has 1 aliphatic heterocycles. The summed E-state index contributed by atoms with van der Waals surface area (Å²) < 4.78 is 11.3. The Bertz CT molecular complexity index is 759. The molecule has 1 aromatic heterocycles. The molecule has 1 aromatic carbocycles. The number of carbonyl (C=O) groups excluding carboxylic acids is 1. The second kappa shape index (κ2) is 7.90. The molecule has 0 aliphatic carbocycles. The molecule has 1 N–H and O–H groups in total. The summed E-state index contributed by atoms with van der Waals surface area (Å²) in [6, 6.07) is 7.28. The summed E-state index contributed by atoms with van der Waals surface area (Å²) in [6.07, 6.45) is 4.24. The number of anilines is 2. The zero-order valence-electron chi connectivity index (χ0n) is 14.2. The van der Waals surface area contributed by atoms with Gasteiger partial charge in [0.25, 0.3) is 5.91 Å². The van der Waals surface area contributed by atoms with Gasteiger partial charge in [-0.3, -0.25) is 4.79 Å². The minimum atomic E-state index is -0.230. The van der Waals surface area contributed by atoms with E-state index < -0.39 is 0 Å². The van der Waals surface area contributed by atoms with Crippen LogP contribution in [0.1, 0.15) is 23.2 Å². The summed E-state index contributed by atoms with van der Waals surface area (Å²) in [5.74, 6) is 1.41. The first-order valence-corrected chi connectivity index (χ1v) is 9.14. The van der Waals surface area contributed by atoms with E-state index in [4.69, 9.17) is 9.47 Å². The van der Waals surface area contributed by atoms with Crippen LogP contribution in [0.5, 0.6) is 11.5 Å². The summed E-state index contributed by atoms with van der Waals surface area (Å²) in [5, 5.41) is 2.84. The van der Waals surface area contributed by atoms with Gasteiger partial charge in [0.15, 0.2) is 11.5 Å². The average Bonchev–Trinajstić information content (AvgIpc) is 3.16. The number of ether oxygens (including phenoxy) is 2. The van der Waals surface area contributed by atoms with Crippen molar-refractivity contribution < 1.29 is 14.3 Å². The molecule has 1 saturated heterocycles. The molecule has 1 amide bonds. The Morgan fingerprint density at radius 1 is 1.16 bits per heavy atom. The predicted octanol–water partition coefficient (Wildman–Crippen LogP) is 3.56. The molecule has 132 valence electrons. The van der Waals surface area contributed by atoms with E-state index in [1.807, 2.05) is 12.1 Å². The third kappa shape index (κ3) is 3.97. The van der Waals surface area contributed by atoms with Crippen LogP contribution in [0.4, 0.5) is 11.5 Å². The number of benzene rings is 1. The molecule has 0 atom stereocenters. The highest BCUT2D eigenvalue weighted by Crippen LogP contribution is 2.31. The third-order valence-electron chi connectivity index (χ3n) is 4.18. The standard InChI is InChI=1S/C18H20IN3O3/c1-24-15-9-13(14(19)10-16(15)25-2)18(23)21-17-6-5-12(11-20-17)22-7-3-4-8-22/h5-6,9-11H,3-4,7-8H2,1-2H3,(H,20,21,23). The van der Waals surface area contributed by atoms with Crippen LogP contribution in [0.25, 0.3) is 0 Å². The van der Waals surface area contributed by atoms with E-state index in [9.17, 15) is 4.79 Å². The maximum absolute atomic E-state index is 12.6. The van der Waals surface area contributed by atoms with Crippen molar-refractivity contribution in [3.63, 3.8) is 0 Å². The van der Waals surface area contributed by atoms with Crippen LogP contribution in [0.2, 0.25) is 0 Å². The van der Waals surface area contributed by atoms with Gasteiger partial charge >= 0.3 is 0 Å². The molecule has 1 aliphatic rings. The first-order chi connectivity index (χ1) is 12.1. The second-order valence-corrected chi connectivity index (χ2v) is 6.90. The van der Waals surface area contributed by atoms with Crippen LogP contribution in [0.3, 0.4) is 0 Å². The van der Waals surface area contributed by atoms with Crippen LogP contribution in [0, 0.1) is 3.57 Å². The van der Waals surface area contributed by atoms with Crippen LogP contribution in [-0.4, -0.2) is 38.2 Å². The minimum Gasteiger partial charge on any atom is -0.493 e. The number of nitrogens with one attached hydrogen (secondary N) is 1. The van der Waals surface area contributed by atoms with Crippen LogP contribution >= 0.6 is 22.6 Å². The number of hydrogen-bond acceptors (Lipinski definition) is 5. The molecule has 1 fully saturated rings. The Labute approximate surface area is 160 Å². The lowest BCUT2D eigenvalue weighted by Crippen LogP contribution is -2.18. The van der Waals surface area contributed by atoms with Crippen molar-refractivity contribution in [2.24, 2.45) is 0 Å². The van der Waals surface area contributed by atoms with Gasteiger partial charge < -0.3 is 19.7 Å². The number of carbonyl (C=O) groups is 1. The number of nitrogens with zero attached hydrogens (tertiary/aromatic N) is 2. The van der Waals surface area contributed by atoms with Crippen LogP contribution in [0.15, 0.2) is 30.5 Å². The molecule has 3 rings (SSSR count). The molecular formula is C18H20IN3O3. The summed E-state index contributed by atoms with van der Waals surface area (Å²) in [7, 11) is 3.12. The van der Waals surface area contributed by atoms with E-state index in [0.717, 1.165) is 22.3 Å². The molecule has 6 nitrogen and oxygen atoms in total. The highest BCUT2D eigenvalue weighted by molar-refractivity contribution is 14.1. The third-order valence-corrected chi connectivity index (χ3v) is 5.07. The van der Waals surface area contributed by atoms with Crippen molar-refractivity contribution in [3.8, 4) is 11.5 Å². The highest BCUT2D eigenvalue weighted by Gasteiger charge is 2.17. The lowest BCUT2D eigenvalue weighted by Gasteiger charge is -2.17. The van der Waals surface area contributed by atoms with Crippen LogP contribution in [-0.2, 0) is 0 Å². The monoisotopic (exact) mass is 453 g/mol. The second-order valence-electron chi connectivity index (χ2n) is 5.74. The predicted molar refractivity (Wildman–Crippen MR) is 106 cm³/mol. The van der Waals surface area contributed by atoms with Gasteiger partial charge in [-0.2, -0.15) is 0 Å². The summed E-state index contributed by atoms with van der Waals surface area (Å²) in [5.41, 5.74) is 1.61. The van der Waals surface area contributed by atoms with Crippen molar-refractivity contribution in [2.75, 3.05) is 37.5 Å². The lowest BCUT2D eigenvalue weighted by atomic mass is 10.2. The molecule has 7 heteroatoms. The number of aromatic nitrogens is 1. The first-order valence-electron chi connectivity index (χ1n) is 8.06. The molecular weight excluding hydrogens is 433 g/mol. The van der Waals surface area contributed by atoms with E-state index in [-0.39, 0.29) is 5.91 Å². The number of amides is 1. The van der Waals surface area contributed by atoms with Gasteiger partial charge in [-0.05, 0) is 59.7 Å². The van der Waals surface area contributed by atoms with Crippen molar-refractivity contribution in [1.82, 2.24) is 4.98 Å². The normalized spacial score (nSPS) is 13.6. The SMILES string of the molecule is COc1cc(I)c(C(=O)Nc2ccc(N3CCCC3)cn2)cc1OC. The fourth-order valence-corrected chi connectivity index (χ4v) is 3.52. The van der Waals surface area contributed by atoms with E-state index >= 15 is 0 Å². The van der Waals surface area contributed by atoms with Gasteiger partial charge in [0.1, 0.15) is 5.82 Å². The maximum Gasteiger partial charge on any atom is 0.258 e. The van der Waals surface area contributed by atoms with Gasteiger partial charge in [0, 0.05) is 16.7 Å². The Hall–Kier alpha value is -2.03.